The van der Waals surface area contributed by atoms with Crippen molar-refractivity contribution in [3.05, 3.63) is 29.8 Å². The number of aromatic nitrogens is 5. The fraction of sp³-hybridized carbons (Fsp3) is 0.480. The number of hydrogen-bond donors (Lipinski definition) is 2. The molecule has 3 aromatic rings. The summed E-state index contributed by atoms with van der Waals surface area (Å²) >= 11 is 0. The van der Waals surface area contributed by atoms with Crippen LogP contribution in [0.3, 0.4) is 0 Å². The molecule has 13 heteroatoms. The van der Waals surface area contributed by atoms with E-state index in [9.17, 15) is 18.0 Å². The molecule has 1 saturated carbocycles. The van der Waals surface area contributed by atoms with Gasteiger partial charge in [0.15, 0.2) is 0 Å². The predicted octanol–water partition coefficient (Wildman–Crippen LogP) is 3.22. The van der Waals surface area contributed by atoms with Crippen molar-refractivity contribution in [2.45, 2.75) is 37.8 Å². The van der Waals surface area contributed by atoms with Crippen LogP contribution in [0.2, 0.25) is 0 Å². The number of rotatable bonds is 8. The van der Waals surface area contributed by atoms with E-state index in [1.54, 1.807) is 18.6 Å². The van der Waals surface area contributed by atoms with Crippen LogP contribution in [0.4, 0.5) is 19.1 Å². The zero-order valence-corrected chi connectivity index (χ0v) is 20.6. The maximum atomic E-state index is 12.6. The van der Waals surface area contributed by atoms with Crippen LogP contribution in [0.5, 0.6) is 11.8 Å². The Hall–Kier alpha value is -4.08. The van der Waals surface area contributed by atoms with Gasteiger partial charge in [-0.25, -0.2) is 4.98 Å². The number of aromatic amines is 1. The van der Waals surface area contributed by atoms with Gasteiger partial charge in [-0.15, -0.1) is 6.42 Å². The normalized spacial score (nSPS) is 17.2. The van der Waals surface area contributed by atoms with Crippen LogP contribution in [0.15, 0.2) is 18.5 Å². The lowest BCUT2D eigenvalue weighted by Crippen LogP contribution is -2.37. The standard InChI is InChI=1S/C25H26F3N7O3/c1-3-24(7-8-24)14-38-23-33-20(21(36)31-13-25(26,27)28)32-22(34-23)35-10-5-15(6-11-35)16-12-30-19-18(16)17(37-2)4-9-29-19/h1,4,9,12,15H,5-8,10-11,13-14H2,2H3,(H,29,30)(H,31,36). The van der Waals surface area contributed by atoms with Crippen molar-refractivity contribution < 1.29 is 27.4 Å². The Bertz CT molecular complexity index is 1370. The van der Waals surface area contributed by atoms with Gasteiger partial charge in [-0.2, -0.15) is 28.1 Å². The molecule has 3 aromatic heterocycles. The van der Waals surface area contributed by atoms with Gasteiger partial charge in [-0.3, -0.25) is 4.79 Å². The number of alkyl halides is 3. The molecule has 1 amide bonds. The summed E-state index contributed by atoms with van der Waals surface area (Å²) in [7, 11) is 1.62. The minimum absolute atomic E-state index is 0.148. The lowest BCUT2D eigenvalue weighted by atomic mass is 9.89. The number of nitrogens with one attached hydrogen (secondary N) is 2. The van der Waals surface area contributed by atoms with Gasteiger partial charge in [0.25, 0.3) is 5.91 Å². The summed E-state index contributed by atoms with van der Waals surface area (Å²) in [4.78, 5) is 34.4. The number of halogens is 3. The second-order valence-electron chi connectivity index (χ2n) is 9.49. The molecular formula is C25H26F3N7O3. The third-order valence-corrected chi connectivity index (χ3v) is 6.90. The van der Waals surface area contributed by atoms with E-state index in [4.69, 9.17) is 15.9 Å². The largest absolute Gasteiger partial charge is 0.496 e. The van der Waals surface area contributed by atoms with Crippen molar-refractivity contribution in [1.82, 2.24) is 30.2 Å². The number of carbonyl (C=O) groups excluding carboxylic acids is 1. The molecule has 2 fully saturated rings. The number of anilines is 1. The number of piperidine rings is 1. The van der Waals surface area contributed by atoms with Gasteiger partial charge in [0.05, 0.1) is 17.9 Å². The lowest BCUT2D eigenvalue weighted by molar-refractivity contribution is -0.123. The fourth-order valence-corrected chi connectivity index (χ4v) is 4.53. The van der Waals surface area contributed by atoms with Crippen molar-refractivity contribution in [1.29, 1.82) is 0 Å². The summed E-state index contributed by atoms with van der Waals surface area (Å²) in [5.41, 5.74) is 1.44. The Balaban J connectivity index is 1.34. The number of H-pyrrole nitrogens is 1. The molecule has 0 aromatic carbocycles. The molecule has 1 aliphatic carbocycles. The summed E-state index contributed by atoms with van der Waals surface area (Å²) in [6.45, 7) is -0.269. The summed E-state index contributed by atoms with van der Waals surface area (Å²) in [6.07, 6.45) is 7.69. The van der Waals surface area contributed by atoms with Gasteiger partial charge >= 0.3 is 12.2 Å². The molecule has 0 unspecified atom stereocenters. The molecule has 1 aliphatic heterocycles. The van der Waals surface area contributed by atoms with Crippen LogP contribution in [0.1, 0.15) is 47.8 Å². The summed E-state index contributed by atoms with van der Waals surface area (Å²) in [6, 6.07) is 1.67. The molecule has 2 N–H and O–H groups in total. The average molecular weight is 530 g/mol. The monoisotopic (exact) mass is 529 g/mol. The SMILES string of the molecule is C#CC1(COc2nc(C(=O)NCC(F)(F)F)nc(N3CCC(c4c[nH]c5nccc(OC)c45)CC3)n2)CC1. The molecule has 4 heterocycles. The molecule has 10 nitrogen and oxygen atoms in total. The number of methoxy groups -OCH3 is 1. The quantitative estimate of drug-likeness (QED) is 0.427. The van der Waals surface area contributed by atoms with Gasteiger partial charge < -0.3 is 24.7 Å². The first-order valence-corrected chi connectivity index (χ1v) is 12.2. The van der Waals surface area contributed by atoms with E-state index >= 15 is 0 Å². The summed E-state index contributed by atoms with van der Waals surface area (Å²) in [5, 5.41) is 2.74. The van der Waals surface area contributed by atoms with Crippen molar-refractivity contribution in [2.24, 2.45) is 5.41 Å². The lowest BCUT2D eigenvalue weighted by Gasteiger charge is -2.32. The van der Waals surface area contributed by atoms with Crippen molar-refractivity contribution >= 4 is 22.9 Å². The fourth-order valence-electron chi connectivity index (χ4n) is 4.53. The van der Waals surface area contributed by atoms with Gasteiger partial charge in [0.2, 0.25) is 11.8 Å². The Labute approximate surface area is 216 Å². The van der Waals surface area contributed by atoms with E-state index in [0.717, 1.165) is 48.0 Å². The molecule has 0 bridgehead atoms. The number of pyridine rings is 1. The molecule has 0 radical (unpaired) electrons. The maximum Gasteiger partial charge on any atom is 0.405 e. The van der Waals surface area contributed by atoms with E-state index in [0.29, 0.717) is 13.1 Å². The van der Waals surface area contributed by atoms with Crippen molar-refractivity contribution in [3.8, 4) is 24.1 Å². The highest BCUT2D eigenvalue weighted by Crippen LogP contribution is 2.45. The minimum Gasteiger partial charge on any atom is -0.496 e. The van der Waals surface area contributed by atoms with E-state index in [2.05, 4.69) is 30.8 Å². The van der Waals surface area contributed by atoms with Gasteiger partial charge in [0, 0.05) is 25.5 Å². The number of carbonyl (C=O) groups is 1. The molecule has 1 saturated heterocycles. The third kappa shape index (κ3) is 5.44. The zero-order valence-electron chi connectivity index (χ0n) is 20.6. The Morgan fingerprint density at radius 2 is 2.05 bits per heavy atom. The van der Waals surface area contributed by atoms with Crippen LogP contribution < -0.4 is 19.7 Å². The predicted molar refractivity (Wildman–Crippen MR) is 131 cm³/mol. The van der Waals surface area contributed by atoms with Crippen LogP contribution in [-0.4, -0.2) is 70.4 Å². The van der Waals surface area contributed by atoms with E-state index in [1.165, 1.54) is 0 Å². The first-order valence-electron chi connectivity index (χ1n) is 12.2. The highest BCUT2D eigenvalue weighted by molar-refractivity contribution is 5.90. The number of nitrogens with zero attached hydrogens (tertiary/aromatic N) is 5. The minimum atomic E-state index is -4.57. The van der Waals surface area contributed by atoms with Crippen LogP contribution in [0.25, 0.3) is 11.0 Å². The molecule has 2 aliphatic rings. The molecule has 0 spiro atoms. The van der Waals surface area contributed by atoms with Crippen molar-refractivity contribution in [3.63, 3.8) is 0 Å². The number of ether oxygens (including phenoxy) is 2. The van der Waals surface area contributed by atoms with Crippen molar-refractivity contribution in [2.75, 3.05) is 38.3 Å². The molecule has 0 atom stereocenters. The van der Waals surface area contributed by atoms with Gasteiger partial charge in [0.1, 0.15) is 24.5 Å². The second kappa shape index (κ2) is 10.00. The first kappa shape index (κ1) is 25.6. The molecule has 5 rings (SSSR count). The van der Waals surface area contributed by atoms with Gasteiger partial charge in [-0.05, 0) is 43.2 Å². The van der Waals surface area contributed by atoms with E-state index in [1.807, 2.05) is 17.2 Å². The van der Waals surface area contributed by atoms with E-state index < -0.39 is 29.9 Å². The maximum absolute atomic E-state index is 12.6. The summed E-state index contributed by atoms with van der Waals surface area (Å²) < 4.78 is 49.1. The Morgan fingerprint density at radius 3 is 2.71 bits per heavy atom. The highest BCUT2D eigenvalue weighted by atomic mass is 19.4. The molecular weight excluding hydrogens is 503 g/mol. The van der Waals surface area contributed by atoms with E-state index in [-0.39, 0.29) is 24.5 Å². The number of terminal acetylenes is 1. The first-order chi connectivity index (χ1) is 18.2. The topological polar surface area (TPSA) is 118 Å². The Kier molecular flexibility index (Phi) is 6.73. The van der Waals surface area contributed by atoms with Crippen LogP contribution >= 0.6 is 0 Å². The number of hydrogen-bond acceptors (Lipinski definition) is 8. The second-order valence-corrected chi connectivity index (χ2v) is 9.49. The number of fused-ring (bicyclic) bond motifs is 1. The van der Waals surface area contributed by atoms with Crippen LogP contribution in [0, 0.1) is 17.8 Å². The molecule has 200 valence electrons. The zero-order chi connectivity index (χ0) is 26.9. The molecule has 38 heavy (non-hydrogen) atoms. The number of amides is 1. The Morgan fingerprint density at radius 1 is 1.29 bits per heavy atom. The van der Waals surface area contributed by atoms with Gasteiger partial charge in [-0.1, -0.05) is 5.92 Å². The smallest absolute Gasteiger partial charge is 0.405 e. The highest BCUT2D eigenvalue weighted by Gasteiger charge is 2.42. The van der Waals surface area contributed by atoms with Crippen LogP contribution in [-0.2, 0) is 0 Å². The summed E-state index contributed by atoms with van der Waals surface area (Å²) in [5.74, 6) is 2.27. The average Bonchev–Trinajstić information content (AvgIpc) is 3.58. The third-order valence-electron chi connectivity index (χ3n) is 6.90.